The molecule has 132 valence electrons. The van der Waals surface area contributed by atoms with E-state index in [9.17, 15) is 0 Å². The van der Waals surface area contributed by atoms with E-state index in [4.69, 9.17) is 4.74 Å². The van der Waals surface area contributed by atoms with Crippen molar-refractivity contribution in [1.82, 2.24) is 0 Å². The van der Waals surface area contributed by atoms with E-state index in [-0.39, 0.29) is 0 Å². The van der Waals surface area contributed by atoms with Crippen molar-refractivity contribution in [2.75, 3.05) is 13.2 Å². The third-order valence-corrected chi connectivity index (χ3v) is 4.19. The summed E-state index contributed by atoms with van der Waals surface area (Å²) in [5, 5.41) is 0. The molecule has 0 saturated carbocycles. The van der Waals surface area contributed by atoms with E-state index in [0.29, 0.717) is 0 Å². The lowest BCUT2D eigenvalue weighted by Gasteiger charge is -2.08. The van der Waals surface area contributed by atoms with Gasteiger partial charge in [0.2, 0.25) is 0 Å². The molecule has 1 saturated heterocycles. The Hall–Kier alpha value is -0.300. The zero-order chi connectivity index (χ0) is 16.1. The number of unbranched alkanes of at least 4 members (excludes halogenated alkanes) is 10. The minimum atomic E-state index is 1.00. The van der Waals surface area contributed by atoms with Gasteiger partial charge in [-0.05, 0) is 38.5 Å². The lowest BCUT2D eigenvalue weighted by molar-refractivity contribution is 0.0968. The molecule has 0 N–H and O–H groups in total. The third kappa shape index (κ3) is 19.7. The van der Waals surface area contributed by atoms with Crippen LogP contribution in [-0.4, -0.2) is 13.2 Å². The van der Waals surface area contributed by atoms with Crippen molar-refractivity contribution in [1.29, 1.82) is 0 Å². The van der Waals surface area contributed by atoms with Gasteiger partial charge in [-0.15, -0.1) is 0 Å². The summed E-state index contributed by atoms with van der Waals surface area (Å²) in [5.41, 5.74) is 0. The van der Waals surface area contributed by atoms with Crippen LogP contribution >= 0.6 is 0 Å². The van der Waals surface area contributed by atoms with Crippen LogP contribution in [0.15, 0.2) is 12.2 Å². The average Bonchev–Trinajstić information content (AvgIpc) is 2.58. The van der Waals surface area contributed by atoms with Crippen molar-refractivity contribution >= 4 is 0 Å². The fraction of sp³-hybridized carbons (Fsp3) is 0.905. The summed E-state index contributed by atoms with van der Waals surface area (Å²) < 4.78 is 5.07. The number of hydrogen-bond acceptors (Lipinski definition) is 1. The summed E-state index contributed by atoms with van der Waals surface area (Å²) in [6, 6.07) is 0. The van der Waals surface area contributed by atoms with Crippen LogP contribution in [0.4, 0.5) is 0 Å². The molecule has 1 aliphatic heterocycles. The zero-order valence-electron chi connectivity index (χ0n) is 15.6. The fourth-order valence-electron chi connectivity index (χ4n) is 2.64. The summed E-state index contributed by atoms with van der Waals surface area (Å²) in [5.74, 6) is 0. The van der Waals surface area contributed by atoms with Gasteiger partial charge in [0.1, 0.15) is 0 Å². The fourth-order valence-corrected chi connectivity index (χ4v) is 2.64. The first-order valence-corrected chi connectivity index (χ1v) is 10.1. The van der Waals surface area contributed by atoms with Crippen LogP contribution in [0, 0.1) is 0 Å². The summed E-state index contributed by atoms with van der Waals surface area (Å²) in [6.45, 7) is 6.54. The first-order chi connectivity index (χ1) is 10.9. The molecular formula is C21H42O. The van der Waals surface area contributed by atoms with E-state index >= 15 is 0 Å². The molecule has 0 atom stereocenters. The highest BCUT2D eigenvalue weighted by Gasteiger charge is 1.95. The Kier molecular flexibility index (Phi) is 20.4. The van der Waals surface area contributed by atoms with Crippen molar-refractivity contribution in [3.63, 3.8) is 0 Å². The molecule has 0 radical (unpaired) electrons. The molecule has 0 aliphatic carbocycles. The molecule has 0 spiro atoms. The minimum Gasteiger partial charge on any atom is -0.381 e. The highest BCUT2D eigenvalue weighted by molar-refractivity contribution is 4.81. The van der Waals surface area contributed by atoms with E-state index in [1.54, 1.807) is 0 Å². The Morgan fingerprint density at radius 3 is 1.55 bits per heavy atom. The molecule has 0 amide bonds. The van der Waals surface area contributed by atoms with Gasteiger partial charge in [-0.3, -0.25) is 0 Å². The summed E-state index contributed by atoms with van der Waals surface area (Å²) in [4.78, 5) is 0. The van der Waals surface area contributed by atoms with Crippen molar-refractivity contribution in [2.24, 2.45) is 0 Å². The number of ether oxygens (including phenoxy) is 1. The van der Waals surface area contributed by atoms with Gasteiger partial charge < -0.3 is 4.74 Å². The Labute approximate surface area is 140 Å². The van der Waals surface area contributed by atoms with Crippen LogP contribution in [0.5, 0.6) is 0 Å². The number of allylic oxidation sites excluding steroid dienone is 2. The summed E-state index contributed by atoms with van der Waals surface area (Å²) in [6.07, 6.45) is 25.4. The second-order valence-corrected chi connectivity index (χ2v) is 6.55. The molecule has 0 aromatic carbocycles. The Morgan fingerprint density at radius 1 is 0.591 bits per heavy atom. The molecule has 1 heterocycles. The average molecular weight is 311 g/mol. The van der Waals surface area contributed by atoms with Crippen molar-refractivity contribution in [2.45, 2.75) is 110 Å². The second kappa shape index (κ2) is 20.7. The van der Waals surface area contributed by atoms with Crippen LogP contribution in [0.2, 0.25) is 0 Å². The number of rotatable bonds is 12. The van der Waals surface area contributed by atoms with E-state index in [2.05, 4.69) is 26.0 Å². The van der Waals surface area contributed by atoms with Gasteiger partial charge in [0.05, 0.1) is 0 Å². The van der Waals surface area contributed by atoms with Crippen LogP contribution in [0.1, 0.15) is 110 Å². The molecule has 22 heavy (non-hydrogen) atoms. The lowest BCUT2D eigenvalue weighted by Crippen LogP contribution is -2.03. The van der Waals surface area contributed by atoms with Gasteiger partial charge in [0.25, 0.3) is 0 Å². The molecular weight excluding hydrogens is 268 g/mol. The summed E-state index contributed by atoms with van der Waals surface area (Å²) >= 11 is 0. The maximum atomic E-state index is 5.07. The van der Waals surface area contributed by atoms with Gasteiger partial charge >= 0.3 is 0 Å². The largest absolute Gasteiger partial charge is 0.381 e. The van der Waals surface area contributed by atoms with Crippen molar-refractivity contribution in [3.8, 4) is 0 Å². The first kappa shape index (κ1) is 21.7. The Morgan fingerprint density at radius 2 is 1.09 bits per heavy atom. The van der Waals surface area contributed by atoms with Crippen LogP contribution in [-0.2, 0) is 4.74 Å². The highest BCUT2D eigenvalue weighted by Crippen LogP contribution is 2.10. The van der Waals surface area contributed by atoms with Crippen LogP contribution < -0.4 is 0 Å². The molecule has 0 aromatic rings. The van der Waals surface area contributed by atoms with Gasteiger partial charge in [0.15, 0.2) is 0 Å². The molecule has 1 heteroatoms. The van der Waals surface area contributed by atoms with Gasteiger partial charge in [0, 0.05) is 13.2 Å². The van der Waals surface area contributed by atoms with Gasteiger partial charge in [-0.2, -0.15) is 0 Å². The smallest absolute Gasteiger partial charge is 0.0466 e. The normalized spacial score (nSPS) is 14.8. The SMILES string of the molecule is C1CCOCC1.CCCCC=CCCCCCCCCCC. The third-order valence-electron chi connectivity index (χ3n) is 4.19. The molecule has 1 nitrogen and oxygen atoms in total. The molecule has 0 unspecified atom stereocenters. The first-order valence-electron chi connectivity index (χ1n) is 10.1. The van der Waals surface area contributed by atoms with E-state index in [1.165, 1.54) is 96.3 Å². The molecule has 1 aliphatic rings. The summed E-state index contributed by atoms with van der Waals surface area (Å²) in [7, 11) is 0. The monoisotopic (exact) mass is 310 g/mol. The topological polar surface area (TPSA) is 9.23 Å². The van der Waals surface area contributed by atoms with Crippen molar-refractivity contribution < 1.29 is 4.74 Å². The van der Waals surface area contributed by atoms with E-state index in [1.807, 2.05) is 0 Å². The second-order valence-electron chi connectivity index (χ2n) is 6.55. The predicted molar refractivity (Wildman–Crippen MR) is 101 cm³/mol. The Balaban J connectivity index is 0.000000604. The van der Waals surface area contributed by atoms with Crippen LogP contribution in [0.3, 0.4) is 0 Å². The quantitative estimate of drug-likeness (QED) is 0.268. The maximum absolute atomic E-state index is 5.07. The standard InChI is InChI=1S/C16H32.C5H10O/c1-3-5-7-9-11-13-15-16-14-12-10-8-6-4-2;1-2-4-6-5-3-1/h9,11H,3-8,10,12-16H2,1-2H3;1-5H2. The van der Waals surface area contributed by atoms with E-state index < -0.39 is 0 Å². The molecule has 0 aromatic heterocycles. The van der Waals surface area contributed by atoms with Crippen molar-refractivity contribution in [3.05, 3.63) is 12.2 Å². The number of hydrogen-bond donors (Lipinski definition) is 0. The lowest BCUT2D eigenvalue weighted by atomic mass is 10.1. The predicted octanol–water partition coefficient (Wildman–Crippen LogP) is 7.45. The molecule has 0 bridgehead atoms. The van der Waals surface area contributed by atoms with Gasteiger partial charge in [-0.25, -0.2) is 0 Å². The van der Waals surface area contributed by atoms with Crippen LogP contribution in [0.25, 0.3) is 0 Å². The molecule has 1 rings (SSSR count). The highest BCUT2D eigenvalue weighted by atomic mass is 16.5. The van der Waals surface area contributed by atoms with Gasteiger partial charge in [-0.1, -0.05) is 83.8 Å². The maximum Gasteiger partial charge on any atom is 0.0466 e. The minimum absolute atomic E-state index is 1.00. The Bertz CT molecular complexity index is 194. The molecule has 1 fully saturated rings. The zero-order valence-corrected chi connectivity index (χ0v) is 15.6. The van der Waals surface area contributed by atoms with E-state index in [0.717, 1.165) is 13.2 Å².